The van der Waals surface area contributed by atoms with Crippen molar-refractivity contribution in [3.05, 3.63) is 46.5 Å². The molecule has 6 heterocycles. The molecule has 0 atom stereocenters. The standard InChI is InChI=1S/C42H68N4O12/c1-49-39-27-35-31-43-3-11-51-19-23-55-15-7-45(8-16-56-24-20-52-12-4-43)33-37-29-40(50-2)30-38(42(37)48)34-46-9-17-57-25-21-53-13-5-44(32-36(28-39)41(35)47)6-14-54-22-26-58-18-10-46/h27-30,47-48H,3-26,31-34H2,1-2H3. The molecule has 2 fully saturated rings. The summed E-state index contributed by atoms with van der Waals surface area (Å²) in [5.74, 6) is 1.86. The summed E-state index contributed by atoms with van der Waals surface area (Å²) in [5, 5.41) is 23.4. The molecule has 8 rings (SSSR count). The smallest absolute Gasteiger partial charge is 0.124 e. The van der Waals surface area contributed by atoms with E-state index in [9.17, 15) is 10.2 Å². The highest BCUT2D eigenvalue weighted by Crippen LogP contribution is 2.32. The SMILES string of the molecule is COc1cc2c(O)c(c1)CN1CCOCCOCCN(CCOCCOCC1)Cc1cc(OC)cc(c1O)CN1CCOCCOCCN(CCOCCOCC1)C2. The van der Waals surface area contributed by atoms with Crippen molar-refractivity contribution in [2.24, 2.45) is 0 Å². The maximum Gasteiger partial charge on any atom is 0.124 e. The Kier molecular flexibility index (Phi) is 21.6. The topological polar surface area (TPSA) is 146 Å². The predicted octanol–water partition coefficient (Wildman–Crippen LogP) is 2.20. The van der Waals surface area contributed by atoms with E-state index in [2.05, 4.69) is 19.6 Å². The van der Waals surface area contributed by atoms with Crippen LogP contribution in [0, 0.1) is 0 Å². The molecule has 0 aromatic heterocycles. The lowest BCUT2D eigenvalue weighted by molar-refractivity contribution is 0.00555. The van der Waals surface area contributed by atoms with Crippen molar-refractivity contribution < 1.29 is 57.6 Å². The summed E-state index contributed by atoms with van der Waals surface area (Å²) in [6.07, 6.45) is 0. The Morgan fingerprint density at radius 2 is 0.534 bits per heavy atom. The average molecular weight is 821 g/mol. The molecule has 0 unspecified atom stereocenters. The van der Waals surface area contributed by atoms with E-state index in [0.29, 0.717) is 196 Å². The number of benzene rings is 2. The van der Waals surface area contributed by atoms with E-state index < -0.39 is 0 Å². The maximum absolute atomic E-state index is 11.7. The fourth-order valence-electron chi connectivity index (χ4n) is 7.05. The van der Waals surface area contributed by atoms with Crippen LogP contribution in [0.5, 0.6) is 23.0 Å². The highest BCUT2D eigenvalue weighted by molar-refractivity contribution is 5.47. The number of methoxy groups -OCH3 is 2. The van der Waals surface area contributed by atoms with Gasteiger partial charge in [0.15, 0.2) is 0 Å². The Bertz CT molecular complexity index is 1200. The summed E-state index contributed by atoms with van der Waals surface area (Å²) in [6.45, 7) is 14.6. The fraction of sp³-hybridized carbons (Fsp3) is 0.714. The number of hydrogen-bond donors (Lipinski definition) is 2. The van der Waals surface area contributed by atoms with Crippen molar-refractivity contribution in [1.82, 2.24) is 19.6 Å². The first-order valence-corrected chi connectivity index (χ1v) is 20.8. The van der Waals surface area contributed by atoms with Gasteiger partial charge in [0.25, 0.3) is 0 Å². The molecule has 2 N–H and O–H groups in total. The Morgan fingerprint density at radius 3 is 0.707 bits per heavy atom. The van der Waals surface area contributed by atoms with Crippen molar-refractivity contribution in [3.63, 3.8) is 0 Å². The molecule has 0 amide bonds. The van der Waals surface area contributed by atoms with Gasteiger partial charge in [0.1, 0.15) is 23.0 Å². The molecule has 6 aliphatic rings. The lowest BCUT2D eigenvalue weighted by Crippen LogP contribution is -2.33. The first kappa shape index (κ1) is 46.2. The number of nitrogens with zero attached hydrogens (tertiary/aromatic N) is 4. The summed E-state index contributed by atoms with van der Waals surface area (Å²) < 4.78 is 59.6. The van der Waals surface area contributed by atoms with Gasteiger partial charge in [-0.3, -0.25) is 19.6 Å². The van der Waals surface area contributed by atoms with Crippen LogP contribution >= 0.6 is 0 Å². The average Bonchev–Trinajstić information content (AvgIpc) is 3.22. The van der Waals surface area contributed by atoms with Crippen LogP contribution in [0.15, 0.2) is 24.3 Å². The van der Waals surface area contributed by atoms with Gasteiger partial charge in [-0.2, -0.15) is 0 Å². The molecule has 6 aliphatic heterocycles. The highest BCUT2D eigenvalue weighted by atomic mass is 16.5. The minimum absolute atomic E-state index is 0.247. The van der Waals surface area contributed by atoms with Crippen molar-refractivity contribution in [2.45, 2.75) is 26.2 Å². The molecule has 2 saturated heterocycles. The summed E-state index contributed by atoms with van der Waals surface area (Å²) in [6, 6.07) is 7.61. The highest BCUT2D eigenvalue weighted by Gasteiger charge is 2.20. The zero-order chi connectivity index (χ0) is 40.6. The van der Waals surface area contributed by atoms with Gasteiger partial charge in [-0.25, -0.2) is 0 Å². The second-order valence-electron chi connectivity index (χ2n) is 14.6. The van der Waals surface area contributed by atoms with Crippen LogP contribution in [0.1, 0.15) is 22.3 Å². The van der Waals surface area contributed by atoms with Crippen LogP contribution in [0.3, 0.4) is 0 Å². The van der Waals surface area contributed by atoms with Crippen LogP contribution in [-0.4, -0.2) is 202 Å². The third kappa shape index (κ3) is 16.7. The Balaban J connectivity index is 1.41. The fourth-order valence-corrected chi connectivity index (χ4v) is 7.05. The number of ether oxygens (including phenoxy) is 10. The molecule has 16 nitrogen and oxygen atoms in total. The molecule has 328 valence electrons. The molecule has 0 spiro atoms. The van der Waals surface area contributed by atoms with Gasteiger partial charge >= 0.3 is 0 Å². The minimum atomic E-state index is 0.247. The van der Waals surface area contributed by atoms with E-state index in [1.807, 2.05) is 24.3 Å². The number of phenols is 2. The lowest BCUT2D eigenvalue weighted by Gasteiger charge is -2.27. The van der Waals surface area contributed by atoms with Gasteiger partial charge in [0, 0.05) is 101 Å². The quantitative estimate of drug-likeness (QED) is 0.457. The minimum Gasteiger partial charge on any atom is -0.507 e. The van der Waals surface area contributed by atoms with Crippen LogP contribution in [0.25, 0.3) is 0 Å². The van der Waals surface area contributed by atoms with Gasteiger partial charge in [0.05, 0.1) is 120 Å². The monoisotopic (exact) mass is 820 g/mol. The number of phenolic OH excluding ortho intramolecular Hbond substituents is 2. The van der Waals surface area contributed by atoms with Gasteiger partial charge in [0.2, 0.25) is 0 Å². The van der Waals surface area contributed by atoms with Crippen molar-refractivity contribution in [2.75, 3.05) is 172 Å². The van der Waals surface area contributed by atoms with Crippen LogP contribution < -0.4 is 9.47 Å². The maximum atomic E-state index is 11.7. The normalized spacial score (nSPS) is 25.8. The Morgan fingerprint density at radius 1 is 0.345 bits per heavy atom. The summed E-state index contributed by atoms with van der Waals surface area (Å²) >= 11 is 0. The predicted molar refractivity (Wildman–Crippen MR) is 217 cm³/mol. The molecule has 58 heavy (non-hydrogen) atoms. The van der Waals surface area contributed by atoms with Gasteiger partial charge < -0.3 is 57.6 Å². The summed E-state index contributed by atoms with van der Waals surface area (Å²) in [7, 11) is 3.30. The number of hydrogen-bond acceptors (Lipinski definition) is 16. The van der Waals surface area contributed by atoms with Crippen molar-refractivity contribution >= 4 is 0 Å². The van der Waals surface area contributed by atoms with Crippen molar-refractivity contribution in [1.29, 1.82) is 0 Å². The van der Waals surface area contributed by atoms with E-state index in [1.54, 1.807) is 14.2 Å². The first-order valence-electron chi connectivity index (χ1n) is 20.8. The zero-order valence-electron chi connectivity index (χ0n) is 34.9. The van der Waals surface area contributed by atoms with Gasteiger partial charge in [-0.05, 0) is 24.3 Å². The van der Waals surface area contributed by atoms with Gasteiger partial charge in [-0.15, -0.1) is 0 Å². The largest absolute Gasteiger partial charge is 0.507 e. The second-order valence-corrected chi connectivity index (χ2v) is 14.6. The van der Waals surface area contributed by atoms with E-state index in [-0.39, 0.29) is 11.5 Å². The Hall–Kier alpha value is -2.84. The molecule has 0 radical (unpaired) electrons. The molecule has 8 bridgehead atoms. The Labute approximate surface area is 344 Å². The molecular formula is C42H68N4O12. The third-order valence-corrected chi connectivity index (χ3v) is 10.4. The van der Waals surface area contributed by atoms with E-state index >= 15 is 0 Å². The summed E-state index contributed by atoms with van der Waals surface area (Å²) in [5.41, 5.74) is 3.08. The number of rotatable bonds is 2. The number of aromatic hydroxyl groups is 2. The van der Waals surface area contributed by atoms with Crippen LogP contribution in [0.4, 0.5) is 0 Å². The molecular weight excluding hydrogens is 752 g/mol. The molecule has 2 aromatic rings. The molecule has 0 aliphatic carbocycles. The van der Waals surface area contributed by atoms with Gasteiger partial charge in [-0.1, -0.05) is 0 Å². The van der Waals surface area contributed by atoms with E-state index in [4.69, 9.17) is 47.4 Å². The van der Waals surface area contributed by atoms with Crippen LogP contribution in [0.2, 0.25) is 0 Å². The molecule has 16 heteroatoms. The third-order valence-electron chi connectivity index (χ3n) is 10.4. The summed E-state index contributed by atoms with van der Waals surface area (Å²) in [4.78, 5) is 8.89. The molecule has 0 saturated carbocycles. The van der Waals surface area contributed by atoms with Crippen LogP contribution in [-0.2, 0) is 64.1 Å². The first-order chi connectivity index (χ1) is 28.5. The van der Waals surface area contributed by atoms with Crippen molar-refractivity contribution in [3.8, 4) is 23.0 Å². The molecule has 2 aromatic carbocycles. The van der Waals surface area contributed by atoms with E-state index in [1.165, 1.54) is 0 Å². The zero-order valence-corrected chi connectivity index (χ0v) is 34.9. The second kappa shape index (κ2) is 27.1. The van der Waals surface area contributed by atoms with E-state index in [0.717, 1.165) is 22.3 Å². The lowest BCUT2D eigenvalue weighted by atomic mass is 10.1.